The average molecular weight is 388 g/mol. The number of esters is 2. The molecule has 1 aliphatic rings. The van der Waals surface area contributed by atoms with Gasteiger partial charge in [-0.15, -0.1) is 0 Å². The predicted octanol–water partition coefficient (Wildman–Crippen LogP) is 1.13. The molecule has 1 aliphatic heterocycles. The lowest BCUT2D eigenvalue weighted by molar-refractivity contribution is -0.157. The third-order valence-electron chi connectivity index (χ3n) is 4.31. The molecule has 1 saturated heterocycles. The van der Waals surface area contributed by atoms with Crippen LogP contribution in [0.5, 0.6) is 5.75 Å². The summed E-state index contributed by atoms with van der Waals surface area (Å²) in [6, 6.07) is 6.42. The lowest BCUT2D eigenvalue weighted by Crippen LogP contribution is -2.69. The van der Waals surface area contributed by atoms with Gasteiger partial charge >= 0.3 is 11.9 Å². The van der Waals surface area contributed by atoms with Gasteiger partial charge in [0.2, 0.25) is 5.91 Å². The lowest BCUT2D eigenvalue weighted by Gasteiger charge is -2.45. The smallest absolute Gasteiger partial charge is 0.332 e. The first kappa shape index (κ1) is 21.0. The minimum Gasteiger partial charge on any atom is -0.496 e. The number of hydrogen-bond acceptors (Lipinski definition) is 7. The Labute approximate surface area is 163 Å². The summed E-state index contributed by atoms with van der Waals surface area (Å²) in [7, 11) is 4.12. The Morgan fingerprint density at radius 2 is 1.89 bits per heavy atom. The second-order valence-corrected chi connectivity index (χ2v) is 6.11. The fourth-order valence-corrected chi connectivity index (χ4v) is 2.85. The van der Waals surface area contributed by atoms with Crippen molar-refractivity contribution in [3.63, 3.8) is 0 Å². The molecule has 0 aromatic heterocycles. The highest BCUT2D eigenvalue weighted by Gasteiger charge is 2.46. The van der Waals surface area contributed by atoms with Gasteiger partial charge < -0.3 is 24.4 Å². The number of carbonyl (C=O) groups excluding carboxylic acids is 3. The number of nitrogens with zero attached hydrogens (tertiary/aromatic N) is 1. The number of β-lactam (4-membered cyclic amide) rings is 1. The summed E-state index contributed by atoms with van der Waals surface area (Å²) in [4.78, 5) is 36.9. The lowest BCUT2D eigenvalue weighted by atomic mass is 9.93. The van der Waals surface area contributed by atoms with Crippen molar-refractivity contribution < 1.29 is 28.6 Å². The molecule has 1 heterocycles. The fraction of sp³-hybridized carbons (Fsp3) is 0.350. The summed E-state index contributed by atoms with van der Waals surface area (Å²) in [6.45, 7) is 1.50. The minimum absolute atomic E-state index is 0.159. The molecule has 2 unspecified atom stereocenters. The summed E-state index contributed by atoms with van der Waals surface area (Å²) < 4.78 is 14.6. The number of methoxy groups -OCH3 is 3. The number of ether oxygens (including phenoxy) is 3. The van der Waals surface area contributed by atoms with Crippen LogP contribution < -0.4 is 10.1 Å². The Morgan fingerprint density at radius 3 is 2.54 bits per heavy atom. The normalized spacial score (nSPS) is 19.2. The number of rotatable bonds is 8. The molecule has 0 bridgehead atoms. The van der Waals surface area contributed by atoms with E-state index < -0.39 is 24.0 Å². The molecule has 2 atom stereocenters. The molecule has 1 amide bonds. The van der Waals surface area contributed by atoms with Gasteiger partial charge in [0, 0.05) is 17.3 Å². The molecular weight excluding hydrogens is 364 g/mol. The van der Waals surface area contributed by atoms with Gasteiger partial charge in [-0.2, -0.15) is 0 Å². The van der Waals surface area contributed by atoms with Crippen LogP contribution in [0.2, 0.25) is 0 Å². The molecule has 0 saturated carbocycles. The van der Waals surface area contributed by atoms with Gasteiger partial charge in [-0.3, -0.25) is 9.59 Å². The van der Waals surface area contributed by atoms with Gasteiger partial charge in [0.1, 0.15) is 18.3 Å². The maximum Gasteiger partial charge on any atom is 0.332 e. The van der Waals surface area contributed by atoms with Crippen molar-refractivity contribution in [2.75, 3.05) is 27.9 Å². The fourth-order valence-electron chi connectivity index (χ4n) is 2.85. The van der Waals surface area contributed by atoms with Crippen LogP contribution in [0.25, 0.3) is 6.08 Å². The molecule has 0 spiro atoms. The van der Waals surface area contributed by atoms with E-state index in [1.807, 2.05) is 36.4 Å². The number of allylic oxidation sites excluding steroid dienone is 1. The Morgan fingerprint density at radius 1 is 1.18 bits per heavy atom. The molecule has 1 fully saturated rings. The highest BCUT2D eigenvalue weighted by molar-refractivity contribution is 5.94. The van der Waals surface area contributed by atoms with E-state index in [9.17, 15) is 14.4 Å². The summed E-state index contributed by atoms with van der Waals surface area (Å²) >= 11 is 0. The molecule has 1 aromatic rings. The van der Waals surface area contributed by atoms with E-state index in [0.29, 0.717) is 11.4 Å². The standard InChI is InChI=1S/C20H24N2O6/c1-13(11-17(23)27-3)21-19-15(22(20(19)25)12-18(24)28-4)10-9-14-7-5-6-8-16(14)26-2/h5-11,15,19,21H,12H2,1-4H3/b10-9-,13-11+. The van der Waals surface area contributed by atoms with Gasteiger partial charge in [-0.05, 0) is 13.0 Å². The third-order valence-corrected chi connectivity index (χ3v) is 4.31. The first-order chi connectivity index (χ1) is 13.4. The monoisotopic (exact) mass is 388 g/mol. The zero-order chi connectivity index (χ0) is 20.7. The Balaban J connectivity index is 2.22. The Bertz CT molecular complexity index is 802. The largest absolute Gasteiger partial charge is 0.496 e. The van der Waals surface area contributed by atoms with Gasteiger partial charge in [-0.1, -0.05) is 30.4 Å². The SMILES string of the molecule is COC(=O)/C=C(\C)NC1C(=O)N(CC(=O)OC)C1/C=C\c1ccccc1OC. The quantitative estimate of drug-likeness (QED) is 0.405. The summed E-state index contributed by atoms with van der Waals surface area (Å²) in [6.07, 6.45) is 4.90. The number of nitrogens with one attached hydrogen (secondary N) is 1. The van der Waals surface area contributed by atoms with E-state index >= 15 is 0 Å². The molecular formula is C20H24N2O6. The zero-order valence-electron chi connectivity index (χ0n) is 16.3. The summed E-state index contributed by atoms with van der Waals surface area (Å²) in [5.74, 6) is -0.610. The molecule has 8 heteroatoms. The van der Waals surface area contributed by atoms with Crippen LogP contribution in [0.1, 0.15) is 12.5 Å². The van der Waals surface area contributed by atoms with Crippen molar-refractivity contribution in [3.8, 4) is 5.75 Å². The molecule has 150 valence electrons. The number of amides is 1. The molecule has 1 aromatic carbocycles. The first-order valence-corrected chi connectivity index (χ1v) is 8.62. The molecule has 0 aliphatic carbocycles. The van der Waals surface area contributed by atoms with Gasteiger partial charge in [0.15, 0.2) is 0 Å². The van der Waals surface area contributed by atoms with E-state index in [-0.39, 0.29) is 12.5 Å². The third kappa shape index (κ3) is 4.91. The van der Waals surface area contributed by atoms with Gasteiger partial charge in [0.05, 0.1) is 27.4 Å². The molecule has 8 nitrogen and oxygen atoms in total. The van der Waals surface area contributed by atoms with E-state index in [1.54, 1.807) is 14.0 Å². The molecule has 1 N–H and O–H groups in total. The van der Waals surface area contributed by atoms with Crippen molar-refractivity contribution in [3.05, 3.63) is 47.7 Å². The van der Waals surface area contributed by atoms with Crippen LogP contribution in [-0.2, 0) is 23.9 Å². The second kappa shape index (κ2) is 9.59. The van der Waals surface area contributed by atoms with E-state index in [1.165, 1.54) is 25.2 Å². The van der Waals surface area contributed by atoms with Crippen molar-refractivity contribution >= 4 is 23.9 Å². The van der Waals surface area contributed by atoms with E-state index in [2.05, 4.69) is 14.8 Å². The van der Waals surface area contributed by atoms with Crippen molar-refractivity contribution in [2.45, 2.75) is 19.0 Å². The number of likely N-dealkylation sites (tertiary alicyclic amines) is 1. The van der Waals surface area contributed by atoms with Crippen LogP contribution in [-0.4, -0.2) is 62.7 Å². The van der Waals surface area contributed by atoms with Gasteiger partial charge in [-0.25, -0.2) is 4.79 Å². The summed E-state index contributed by atoms with van der Waals surface area (Å²) in [5.41, 5.74) is 1.32. The molecule has 0 radical (unpaired) electrons. The second-order valence-electron chi connectivity index (χ2n) is 6.11. The van der Waals surface area contributed by atoms with Crippen molar-refractivity contribution in [2.24, 2.45) is 0 Å². The number of para-hydroxylation sites is 1. The maximum absolute atomic E-state index is 12.5. The topological polar surface area (TPSA) is 94.2 Å². The average Bonchev–Trinajstić information content (AvgIpc) is 2.71. The van der Waals surface area contributed by atoms with Crippen LogP contribution in [0, 0.1) is 0 Å². The Hall–Kier alpha value is -3.29. The first-order valence-electron chi connectivity index (χ1n) is 8.62. The zero-order valence-corrected chi connectivity index (χ0v) is 16.3. The van der Waals surface area contributed by atoms with Crippen molar-refractivity contribution in [1.29, 1.82) is 0 Å². The Kier molecular flexibility index (Phi) is 7.20. The number of carbonyl (C=O) groups is 3. The molecule has 28 heavy (non-hydrogen) atoms. The van der Waals surface area contributed by atoms with Crippen LogP contribution in [0.4, 0.5) is 0 Å². The highest BCUT2D eigenvalue weighted by atomic mass is 16.5. The number of benzene rings is 1. The van der Waals surface area contributed by atoms with Crippen LogP contribution >= 0.6 is 0 Å². The van der Waals surface area contributed by atoms with E-state index in [0.717, 1.165) is 5.56 Å². The van der Waals surface area contributed by atoms with Crippen molar-refractivity contribution in [1.82, 2.24) is 10.2 Å². The van der Waals surface area contributed by atoms with Gasteiger partial charge in [0.25, 0.3) is 0 Å². The van der Waals surface area contributed by atoms with Crippen LogP contribution in [0.3, 0.4) is 0 Å². The predicted molar refractivity (Wildman–Crippen MR) is 102 cm³/mol. The van der Waals surface area contributed by atoms with E-state index in [4.69, 9.17) is 4.74 Å². The maximum atomic E-state index is 12.5. The highest BCUT2D eigenvalue weighted by Crippen LogP contribution is 2.25. The molecule has 2 rings (SSSR count). The van der Waals surface area contributed by atoms with Crippen LogP contribution in [0.15, 0.2) is 42.1 Å². The number of hydrogen-bond donors (Lipinski definition) is 1. The minimum atomic E-state index is -0.614. The summed E-state index contributed by atoms with van der Waals surface area (Å²) in [5, 5.41) is 3.00.